The van der Waals surface area contributed by atoms with Gasteiger partial charge in [-0.2, -0.15) is 0 Å². The number of halogens is 2. The van der Waals surface area contributed by atoms with E-state index >= 15 is 0 Å². The molecule has 0 radical (unpaired) electrons. The van der Waals surface area contributed by atoms with E-state index in [1.807, 2.05) is 66.2 Å². The van der Waals surface area contributed by atoms with Crippen molar-refractivity contribution in [3.05, 3.63) is 66.1 Å². The molecule has 0 saturated carbocycles. The van der Waals surface area contributed by atoms with Crippen molar-refractivity contribution < 1.29 is 4.79 Å². The lowest BCUT2D eigenvalue weighted by atomic mass is 10.2. The van der Waals surface area contributed by atoms with E-state index in [-0.39, 0.29) is 36.8 Å². The molecule has 0 aliphatic rings. The third-order valence-electron chi connectivity index (χ3n) is 4.22. The number of fused-ring (bicyclic) bond motifs is 1. The lowest BCUT2D eigenvalue weighted by molar-refractivity contribution is 0.0748. The van der Waals surface area contributed by atoms with E-state index in [1.54, 1.807) is 23.7 Å². The minimum Gasteiger partial charge on any atom is -0.338 e. The first-order chi connectivity index (χ1) is 12.1. The van der Waals surface area contributed by atoms with Crippen LogP contribution in [-0.4, -0.2) is 39.8 Å². The van der Waals surface area contributed by atoms with Gasteiger partial charge in [-0.3, -0.25) is 4.79 Å². The third kappa shape index (κ3) is 5.62. The van der Waals surface area contributed by atoms with Gasteiger partial charge < -0.3 is 15.0 Å². The molecule has 146 valence electrons. The number of thioether (sulfide) groups is 1. The number of benzene rings is 1. The summed E-state index contributed by atoms with van der Waals surface area (Å²) in [6.45, 7) is 2.39. The van der Waals surface area contributed by atoms with Gasteiger partial charge in [-0.25, -0.2) is 4.98 Å². The van der Waals surface area contributed by atoms with Crippen molar-refractivity contribution in [3.8, 4) is 0 Å². The van der Waals surface area contributed by atoms with Crippen molar-refractivity contribution in [2.75, 3.05) is 13.6 Å². The second kappa shape index (κ2) is 10.6. The third-order valence-corrected chi connectivity index (χ3v) is 5.27. The highest BCUT2D eigenvalue weighted by Gasteiger charge is 2.16. The van der Waals surface area contributed by atoms with Crippen molar-refractivity contribution in [2.45, 2.75) is 23.6 Å². The molecular formula is C19H24Cl2N4OS. The summed E-state index contributed by atoms with van der Waals surface area (Å²) in [7, 11) is 1.78. The predicted molar refractivity (Wildman–Crippen MR) is 116 cm³/mol. The topological polar surface area (TPSA) is 63.6 Å². The summed E-state index contributed by atoms with van der Waals surface area (Å²) in [5.74, 6) is 0.786. The Morgan fingerprint density at radius 3 is 2.56 bits per heavy atom. The second-order valence-corrected chi connectivity index (χ2v) is 7.06. The summed E-state index contributed by atoms with van der Waals surface area (Å²) in [4.78, 5) is 19.8. The summed E-state index contributed by atoms with van der Waals surface area (Å²) >= 11 is 1.71. The number of carbonyl (C=O) groups excluding carboxylic acids is 1. The average Bonchev–Trinajstić information content (AvgIpc) is 3.08. The van der Waals surface area contributed by atoms with E-state index < -0.39 is 0 Å². The van der Waals surface area contributed by atoms with Gasteiger partial charge in [0.25, 0.3) is 5.91 Å². The SMILES string of the molecule is CC(CN)N(C)C(=O)c1ccc(SCc2cn3ccccc3n2)cc1.Cl.Cl. The van der Waals surface area contributed by atoms with Gasteiger partial charge in [-0.15, -0.1) is 36.6 Å². The van der Waals surface area contributed by atoms with Crippen LogP contribution in [0.25, 0.3) is 5.65 Å². The van der Waals surface area contributed by atoms with E-state index in [4.69, 9.17) is 5.73 Å². The molecule has 2 heterocycles. The number of amides is 1. The van der Waals surface area contributed by atoms with Gasteiger partial charge in [-0.1, -0.05) is 6.07 Å². The van der Waals surface area contributed by atoms with Gasteiger partial charge in [0.2, 0.25) is 0 Å². The highest BCUT2D eigenvalue weighted by atomic mass is 35.5. The van der Waals surface area contributed by atoms with E-state index in [2.05, 4.69) is 4.98 Å². The molecule has 1 unspecified atom stereocenters. The van der Waals surface area contributed by atoms with Gasteiger partial charge in [0, 0.05) is 48.2 Å². The van der Waals surface area contributed by atoms with Crippen LogP contribution in [0.5, 0.6) is 0 Å². The molecule has 1 amide bonds. The molecule has 0 fully saturated rings. The van der Waals surface area contributed by atoms with Crippen LogP contribution in [-0.2, 0) is 5.75 Å². The predicted octanol–water partition coefficient (Wildman–Crippen LogP) is 3.89. The molecule has 5 nitrogen and oxygen atoms in total. The smallest absolute Gasteiger partial charge is 0.253 e. The Morgan fingerprint density at radius 1 is 1.22 bits per heavy atom. The summed E-state index contributed by atoms with van der Waals surface area (Å²) in [6.07, 6.45) is 4.04. The molecule has 3 rings (SSSR count). The fourth-order valence-corrected chi connectivity index (χ4v) is 3.25. The number of imidazole rings is 1. The van der Waals surface area contributed by atoms with Gasteiger partial charge in [0.05, 0.1) is 5.69 Å². The van der Waals surface area contributed by atoms with Gasteiger partial charge in [0.15, 0.2) is 0 Å². The van der Waals surface area contributed by atoms with Crippen molar-refractivity contribution >= 4 is 48.1 Å². The van der Waals surface area contributed by atoms with Crippen molar-refractivity contribution in [1.82, 2.24) is 14.3 Å². The maximum atomic E-state index is 12.4. The minimum absolute atomic E-state index is 0. The van der Waals surface area contributed by atoms with E-state index in [0.717, 1.165) is 22.0 Å². The monoisotopic (exact) mass is 426 g/mol. The number of nitrogens with two attached hydrogens (primary N) is 1. The zero-order chi connectivity index (χ0) is 17.8. The summed E-state index contributed by atoms with van der Waals surface area (Å²) in [5.41, 5.74) is 8.30. The summed E-state index contributed by atoms with van der Waals surface area (Å²) in [5, 5.41) is 0. The molecule has 8 heteroatoms. The number of nitrogens with zero attached hydrogens (tertiary/aromatic N) is 3. The maximum absolute atomic E-state index is 12.4. The molecule has 0 spiro atoms. The molecule has 0 bridgehead atoms. The molecular weight excluding hydrogens is 403 g/mol. The number of hydrogen-bond donors (Lipinski definition) is 1. The van der Waals surface area contributed by atoms with Crippen molar-refractivity contribution in [3.63, 3.8) is 0 Å². The van der Waals surface area contributed by atoms with Crippen LogP contribution in [0.4, 0.5) is 0 Å². The first-order valence-electron chi connectivity index (χ1n) is 8.21. The number of hydrogen-bond acceptors (Lipinski definition) is 4. The van der Waals surface area contributed by atoms with Crippen LogP contribution in [0.3, 0.4) is 0 Å². The molecule has 2 N–H and O–H groups in total. The fraction of sp³-hybridized carbons (Fsp3) is 0.263. The van der Waals surface area contributed by atoms with Crippen molar-refractivity contribution in [1.29, 1.82) is 0 Å². The molecule has 27 heavy (non-hydrogen) atoms. The Bertz CT molecular complexity index is 837. The number of aromatic nitrogens is 2. The van der Waals surface area contributed by atoms with Gasteiger partial charge >= 0.3 is 0 Å². The van der Waals surface area contributed by atoms with E-state index in [1.165, 1.54) is 0 Å². The molecule has 0 aliphatic heterocycles. The average molecular weight is 427 g/mol. The zero-order valence-corrected chi connectivity index (χ0v) is 17.7. The molecule has 1 aromatic carbocycles. The number of likely N-dealkylation sites (N-methyl/N-ethyl adjacent to an activating group) is 1. The Hall–Kier alpha value is -1.73. The summed E-state index contributed by atoms with van der Waals surface area (Å²) in [6, 6.07) is 13.7. The maximum Gasteiger partial charge on any atom is 0.253 e. The highest BCUT2D eigenvalue weighted by molar-refractivity contribution is 7.98. The Morgan fingerprint density at radius 2 is 1.93 bits per heavy atom. The van der Waals surface area contributed by atoms with Crippen LogP contribution in [0.15, 0.2) is 59.8 Å². The van der Waals surface area contributed by atoms with Crippen LogP contribution in [0, 0.1) is 0 Å². The standard InChI is InChI=1S/C19H22N4OS.2ClH/c1-14(11-20)22(2)19(24)15-6-8-17(9-7-15)25-13-16-12-23-10-4-3-5-18(23)21-16;;/h3-10,12,14H,11,13,20H2,1-2H3;2*1H. The second-order valence-electron chi connectivity index (χ2n) is 6.01. The van der Waals surface area contributed by atoms with Crippen LogP contribution in [0.1, 0.15) is 23.0 Å². The first kappa shape index (κ1) is 23.3. The zero-order valence-electron chi connectivity index (χ0n) is 15.2. The molecule has 1 atom stereocenters. The van der Waals surface area contributed by atoms with Crippen LogP contribution in [0.2, 0.25) is 0 Å². The van der Waals surface area contributed by atoms with E-state index in [0.29, 0.717) is 12.1 Å². The molecule has 2 aromatic heterocycles. The summed E-state index contributed by atoms with van der Waals surface area (Å²) < 4.78 is 2.02. The van der Waals surface area contributed by atoms with Crippen LogP contribution >= 0.6 is 36.6 Å². The largest absolute Gasteiger partial charge is 0.338 e. The van der Waals surface area contributed by atoms with Gasteiger partial charge in [0.1, 0.15) is 5.65 Å². The molecule has 0 saturated heterocycles. The highest BCUT2D eigenvalue weighted by Crippen LogP contribution is 2.23. The molecule has 0 aliphatic carbocycles. The van der Waals surface area contributed by atoms with Crippen LogP contribution < -0.4 is 5.73 Å². The minimum atomic E-state index is -0.00477. The Kier molecular flexibility index (Phi) is 9.12. The lowest BCUT2D eigenvalue weighted by Gasteiger charge is -2.23. The van der Waals surface area contributed by atoms with Crippen molar-refractivity contribution in [2.24, 2.45) is 5.73 Å². The fourth-order valence-electron chi connectivity index (χ4n) is 2.47. The number of carbonyl (C=O) groups is 1. The normalized spacial score (nSPS) is 11.4. The first-order valence-corrected chi connectivity index (χ1v) is 9.19. The number of rotatable bonds is 6. The molecule has 3 aromatic rings. The Balaban J connectivity index is 0.00000182. The van der Waals surface area contributed by atoms with Gasteiger partial charge in [-0.05, 0) is 43.3 Å². The lowest BCUT2D eigenvalue weighted by Crippen LogP contribution is -2.39. The Labute approximate surface area is 176 Å². The quantitative estimate of drug-likeness (QED) is 0.607. The number of pyridine rings is 1. The van der Waals surface area contributed by atoms with E-state index in [9.17, 15) is 4.79 Å².